The van der Waals surface area contributed by atoms with Gasteiger partial charge in [0.2, 0.25) is 0 Å². The molecule has 0 spiro atoms. The minimum absolute atomic E-state index is 1.11. The number of para-hydroxylation sites is 2. The van der Waals surface area contributed by atoms with Crippen molar-refractivity contribution < 1.29 is 0 Å². The lowest BCUT2D eigenvalue weighted by atomic mass is 10.0. The topological polar surface area (TPSA) is 8.17 Å². The maximum atomic E-state index is 2.41. The molecule has 11 aromatic rings. The van der Waals surface area contributed by atoms with Gasteiger partial charge in [0.15, 0.2) is 0 Å². The standard InChI is InChI=1S/C54H36N2S/c1-4-13-37(14-5-1)39-23-29-43(30-24-39)55(44-31-25-40(26-32-44)38-15-6-2-7-16-38)45-33-27-41(28-34-45)46-20-12-21-47-48-35-36-51-52(54(48)57-53(46)47)49-19-10-11-22-50(49)56(51)42-17-8-3-9-18-42/h1-36H. The number of nitrogens with zero attached hydrogens (tertiary/aromatic N) is 2. The van der Waals surface area contributed by atoms with Crippen molar-refractivity contribution in [3.63, 3.8) is 0 Å². The summed E-state index contributed by atoms with van der Waals surface area (Å²) in [5.74, 6) is 0. The Bertz CT molecular complexity index is 3100. The predicted molar refractivity (Wildman–Crippen MR) is 245 cm³/mol. The summed E-state index contributed by atoms with van der Waals surface area (Å²) < 4.78 is 5.06. The Balaban J connectivity index is 1.02. The minimum Gasteiger partial charge on any atom is -0.311 e. The molecule has 0 aliphatic heterocycles. The van der Waals surface area contributed by atoms with Crippen LogP contribution in [-0.4, -0.2) is 4.57 Å². The molecule has 3 heteroatoms. The van der Waals surface area contributed by atoms with Gasteiger partial charge in [0.05, 0.1) is 11.0 Å². The number of hydrogen-bond acceptors (Lipinski definition) is 2. The van der Waals surface area contributed by atoms with Crippen LogP contribution in [0.15, 0.2) is 218 Å². The molecule has 0 amide bonds. The molecular weight excluding hydrogens is 709 g/mol. The summed E-state index contributed by atoms with van der Waals surface area (Å²) in [4.78, 5) is 2.35. The van der Waals surface area contributed by atoms with E-state index >= 15 is 0 Å². The highest BCUT2D eigenvalue weighted by Gasteiger charge is 2.19. The number of hydrogen-bond donors (Lipinski definition) is 0. The lowest BCUT2D eigenvalue weighted by Crippen LogP contribution is -2.09. The van der Waals surface area contributed by atoms with Crippen molar-refractivity contribution in [1.29, 1.82) is 0 Å². The Labute approximate surface area is 335 Å². The summed E-state index contributed by atoms with van der Waals surface area (Å²) >= 11 is 1.92. The summed E-state index contributed by atoms with van der Waals surface area (Å²) in [6, 6.07) is 79.0. The van der Waals surface area contributed by atoms with Crippen molar-refractivity contribution in [1.82, 2.24) is 4.57 Å². The van der Waals surface area contributed by atoms with Crippen LogP contribution in [0.4, 0.5) is 17.1 Å². The third-order valence-corrected chi connectivity index (χ3v) is 12.5. The summed E-state index contributed by atoms with van der Waals surface area (Å²) in [5.41, 5.74) is 14.3. The van der Waals surface area contributed by atoms with Crippen LogP contribution in [0, 0.1) is 0 Å². The maximum Gasteiger partial charge on any atom is 0.0555 e. The van der Waals surface area contributed by atoms with Crippen LogP contribution in [0.1, 0.15) is 0 Å². The van der Waals surface area contributed by atoms with Crippen molar-refractivity contribution >= 4 is 70.4 Å². The molecule has 0 atom stereocenters. The van der Waals surface area contributed by atoms with Crippen LogP contribution >= 0.6 is 11.3 Å². The monoisotopic (exact) mass is 744 g/mol. The molecule has 0 fully saturated rings. The highest BCUT2D eigenvalue weighted by atomic mass is 32.1. The number of fused-ring (bicyclic) bond motifs is 7. The molecular formula is C54H36N2S. The minimum atomic E-state index is 1.11. The zero-order valence-corrected chi connectivity index (χ0v) is 31.9. The van der Waals surface area contributed by atoms with E-state index in [0.29, 0.717) is 0 Å². The number of thiophene rings is 1. The van der Waals surface area contributed by atoms with Crippen molar-refractivity contribution in [2.45, 2.75) is 0 Å². The quantitative estimate of drug-likeness (QED) is 0.158. The van der Waals surface area contributed by atoms with Crippen molar-refractivity contribution in [2.24, 2.45) is 0 Å². The van der Waals surface area contributed by atoms with Gasteiger partial charge in [0.1, 0.15) is 0 Å². The highest BCUT2D eigenvalue weighted by Crippen LogP contribution is 2.46. The first-order chi connectivity index (χ1) is 28.3. The lowest BCUT2D eigenvalue weighted by Gasteiger charge is -2.26. The normalized spacial score (nSPS) is 11.5. The fourth-order valence-electron chi connectivity index (χ4n) is 8.49. The van der Waals surface area contributed by atoms with E-state index in [9.17, 15) is 0 Å². The largest absolute Gasteiger partial charge is 0.311 e. The fourth-order valence-corrected chi connectivity index (χ4v) is 9.89. The Morgan fingerprint density at radius 1 is 0.316 bits per heavy atom. The van der Waals surface area contributed by atoms with Crippen molar-refractivity contribution in [3.8, 4) is 39.1 Å². The van der Waals surface area contributed by atoms with Gasteiger partial charge >= 0.3 is 0 Å². The first-order valence-corrected chi connectivity index (χ1v) is 20.2. The molecule has 2 heterocycles. The van der Waals surface area contributed by atoms with E-state index in [1.165, 1.54) is 81.0 Å². The number of benzene rings is 9. The second-order valence-corrected chi connectivity index (χ2v) is 15.5. The van der Waals surface area contributed by atoms with Crippen LogP contribution in [0.3, 0.4) is 0 Å². The van der Waals surface area contributed by atoms with Gasteiger partial charge in [-0.3, -0.25) is 0 Å². The molecule has 0 unspecified atom stereocenters. The maximum absolute atomic E-state index is 2.41. The van der Waals surface area contributed by atoms with Gasteiger partial charge in [0.25, 0.3) is 0 Å². The first kappa shape index (κ1) is 33.2. The molecule has 2 nitrogen and oxygen atoms in total. The van der Waals surface area contributed by atoms with E-state index < -0.39 is 0 Å². The predicted octanol–water partition coefficient (Wildman–Crippen LogP) is 15.6. The second kappa shape index (κ2) is 13.8. The molecule has 57 heavy (non-hydrogen) atoms. The summed E-state index contributed by atoms with van der Waals surface area (Å²) in [7, 11) is 0. The Morgan fingerprint density at radius 3 is 1.39 bits per heavy atom. The van der Waals surface area contributed by atoms with Gasteiger partial charge in [-0.15, -0.1) is 11.3 Å². The average molecular weight is 745 g/mol. The molecule has 0 aliphatic rings. The van der Waals surface area contributed by atoms with E-state index in [1.54, 1.807) is 0 Å². The van der Waals surface area contributed by atoms with Crippen LogP contribution in [0.2, 0.25) is 0 Å². The summed E-state index contributed by atoms with van der Waals surface area (Å²) in [6.07, 6.45) is 0. The molecule has 0 radical (unpaired) electrons. The Kier molecular flexibility index (Phi) is 8.04. The zero-order valence-electron chi connectivity index (χ0n) is 31.1. The van der Waals surface area contributed by atoms with Crippen molar-refractivity contribution in [2.75, 3.05) is 4.90 Å². The van der Waals surface area contributed by atoms with Gasteiger partial charge in [-0.05, 0) is 94.0 Å². The van der Waals surface area contributed by atoms with Crippen LogP contribution in [-0.2, 0) is 0 Å². The first-order valence-electron chi connectivity index (χ1n) is 19.4. The molecule has 0 N–H and O–H groups in total. The third kappa shape index (κ3) is 5.71. The van der Waals surface area contributed by atoms with Gasteiger partial charge in [-0.25, -0.2) is 0 Å². The van der Waals surface area contributed by atoms with Gasteiger partial charge in [-0.1, -0.05) is 158 Å². The van der Waals surface area contributed by atoms with Crippen LogP contribution in [0.5, 0.6) is 0 Å². The molecule has 0 bridgehead atoms. The van der Waals surface area contributed by atoms with Gasteiger partial charge < -0.3 is 9.47 Å². The number of rotatable bonds is 7. The second-order valence-electron chi connectivity index (χ2n) is 14.5. The molecule has 0 saturated carbocycles. The molecule has 9 aromatic carbocycles. The Hall–Kier alpha value is -7.20. The smallest absolute Gasteiger partial charge is 0.0555 e. The van der Waals surface area contributed by atoms with E-state index in [1.807, 2.05) is 11.3 Å². The molecule has 11 rings (SSSR count). The van der Waals surface area contributed by atoms with E-state index in [0.717, 1.165) is 17.1 Å². The molecule has 2 aromatic heterocycles. The number of anilines is 3. The van der Waals surface area contributed by atoms with Crippen LogP contribution < -0.4 is 4.90 Å². The van der Waals surface area contributed by atoms with E-state index in [4.69, 9.17) is 0 Å². The lowest BCUT2D eigenvalue weighted by molar-refractivity contribution is 1.18. The highest BCUT2D eigenvalue weighted by molar-refractivity contribution is 7.27. The molecule has 268 valence electrons. The zero-order chi connectivity index (χ0) is 37.7. The van der Waals surface area contributed by atoms with Crippen molar-refractivity contribution in [3.05, 3.63) is 218 Å². The summed E-state index contributed by atoms with van der Waals surface area (Å²) in [6.45, 7) is 0. The van der Waals surface area contributed by atoms with Gasteiger partial charge in [-0.2, -0.15) is 0 Å². The molecule has 0 saturated heterocycles. The average Bonchev–Trinajstić information content (AvgIpc) is 3.84. The fraction of sp³-hybridized carbons (Fsp3) is 0. The van der Waals surface area contributed by atoms with E-state index in [2.05, 4.69) is 228 Å². The molecule has 0 aliphatic carbocycles. The van der Waals surface area contributed by atoms with Crippen LogP contribution in [0.25, 0.3) is 81.0 Å². The third-order valence-electron chi connectivity index (χ3n) is 11.2. The van der Waals surface area contributed by atoms with Gasteiger partial charge in [0, 0.05) is 53.7 Å². The Morgan fingerprint density at radius 2 is 0.789 bits per heavy atom. The SMILES string of the molecule is c1ccc(-c2ccc(N(c3ccc(-c4ccccc4)cc3)c3ccc(-c4cccc5c4sc4c5ccc5c4c4ccccc4n5-c4ccccc4)cc3)cc2)cc1. The van der Waals surface area contributed by atoms with E-state index in [-0.39, 0.29) is 0 Å². The number of aromatic nitrogens is 1. The summed E-state index contributed by atoms with van der Waals surface area (Å²) in [5, 5.41) is 5.21.